The summed E-state index contributed by atoms with van der Waals surface area (Å²) in [4.78, 5) is 13.1. The molecule has 0 aliphatic carbocycles. The van der Waals surface area contributed by atoms with Gasteiger partial charge in [-0.2, -0.15) is 0 Å². The number of likely N-dealkylation sites (tertiary alicyclic amines) is 1. The third-order valence-electron chi connectivity index (χ3n) is 3.52. The zero-order chi connectivity index (χ0) is 18.5. The lowest BCUT2D eigenvalue weighted by Gasteiger charge is -2.39. The molecule has 1 atom stereocenters. The number of piperidine rings is 1. The fourth-order valence-electron chi connectivity index (χ4n) is 2.53. The highest BCUT2D eigenvalue weighted by Gasteiger charge is 2.47. The predicted molar refractivity (Wildman–Crippen MR) is 94.1 cm³/mol. The number of hydrogen-bond donors (Lipinski definition) is 0. The van der Waals surface area contributed by atoms with Crippen molar-refractivity contribution in [2.45, 2.75) is 44.6 Å². The van der Waals surface area contributed by atoms with Crippen molar-refractivity contribution >= 4 is 22.0 Å². The lowest BCUT2D eigenvalue weighted by atomic mass is 9.86. The number of terminal acetylenes is 1. The topological polar surface area (TPSA) is 29.5 Å². The normalized spacial score (nSPS) is 19.8. The number of amides is 1. The number of carbonyl (C=O) groups is 1. The molecule has 6 heteroatoms. The Labute approximate surface area is 150 Å². The Morgan fingerprint density at radius 2 is 1.83 bits per heavy atom. The van der Waals surface area contributed by atoms with Gasteiger partial charge >= 0.3 is 6.09 Å². The van der Waals surface area contributed by atoms with Gasteiger partial charge in [0.1, 0.15) is 5.60 Å². The van der Waals surface area contributed by atoms with E-state index in [4.69, 9.17) is 4.74 Å². The quantitative estimate of drug-likeness (QED) is 0.615. The van der Waals surface area contributed by atoms with Crippen molar-refractivity contribution in [3.05, 3.63) is 34.3 Å². The number of benzene rings is 1. The van der Waals surface area contributed by atoms with Crippen molar-refractivity contribution in [2.75, 3.05) is 13.1 Å². The van der Waals surface area contributed by atoms with Crippen molar-refractivity contribution in [3.8, 4) is 12.8 Å². The summed E-state index contributed by atoms with van der Waals surface area (Å²) in [6.07, 6.45) is 7.54. The monoisotopic (exact) mass is 401 g/mol. The summed E-state index contributed by atoms with van der Waals surface area (Å²) in [6.45, 7) is 4.82. The van der Waals surface area contributed by atoms with Gasteiger partial charge in [-0.25, -0.2) is 13.6 Å². The van der Waals surface area contributed by atoms with Gasteiger partial charge in [0.15, 0.2) is 0 Å². The minimum Gasteiger partial charge on any atom is -0.444 e. The first-order chi connectivity index (χ1) is 11.1. The number of ether oxygens (including phenoxy) is 1. The van der Waals surface area contributed by atoms with E-state index in [0.29, 0.717) is 5.56 Å². The summed E-state index contributed by atoms with van der Waals surface area (Å²) in [5, 5.41) is 0. The molecule has 1 amide bonds. The number of halogens is 3. The molecule has 1 saturated heterocycles. The van der Waals surface area contributed by atoms with Gasteiger partial charge < -0.3 is 9.64 Å². The van der Waals surface area contributed by atoms with Crippen molar-refractivity contribution in [1.82, 2.24) is 4.90 Å². The zero-order valence-corrected chi connectivity index (χ0v) is 15.6. The SMILES string of the molecule is C#C.CC(C)(C)OC(=O)N1CCC(c2ccc(Br)cc2)C(F)(F)C1. The van der Waals surface area contributed by atoms with E-state index in [0.717, 1.165) is 9.37 Å². The van der Waals surface area contributed by atoms with Crippen LogP contribution in [0.4, 0.5) is 13.6 Å². The number of alkyl halides is 2. The molecule has 0 radical (unpaired) electrons. The van der Waals surface area contributed by atoms with E-state index in [-0.39, 0.29) is 13.0 Å². The van der Waals surface area contributed by atoms with Crippen molar-refractivity contribution < 1.29 is 18.3 Å². The molecule has 1 unspecified atom stereocenters. The molecule has 1 fully saturated rings. The maximum atomic E-state index is 14.4. The Hall–Kier alpha value is -1.61. The fraction of sp³-hybridized carbons (Fsp3) is 0.500. The van der Waals surface area contributed by atoms with Gasteiger partial charge in [-0.1, -0.05) is 28.1 Å². The van der Waals surface area contributed by atoms with E-state index in [1.54, 1.807) is 45.0 Å². The van der Waals surface area contributed by atoms with Crippen LogP contribution in [0.5, 0.6) is 0 Å². The second kappa shape index (κ2) is 7.98. The molecule has 0 bridgehead atoms. The predicted octanol–water partition coefficient (Wildman–Crippen LogP) is 5.06. The molecular formula is C18H22BrF2NO2. The molecule has 0 spiro atoms. The van der Waals surface area contributed by atoms with Crippen LogP contribution < -0.4 is 0 Å². The third kappa shape index (κ3) is 5.48. The molecule has 1 aromatic rings. The molecule has 1 aliphatic rings. The van der Waals surface area contributed by atoms with Crippen LogP contribution in [-0.2, 0) is 4.74 Å². The van der Waals surface area contributed by atoms with Crippen molar-refractivity contribution in [3.63, 3.8) is 0 Å². The molecule has 3 nitrogen and oxygen atoms in total. The Kier molecular flexibility index (Phi) is 6.79. The Morgan fingerprint density at radius 3 is 2.29 bits per heavy atom. The first kappa shape index (κ1) is 20.4. The summed E-state index contributed by atoms with van der Waals surface area (Å²) in [7, 11) is 0. The summed E-state index contributed by atoms with van der Waals surface area (Å²) >= 11 is 3.30. The van der Waals surface area contributed by atoms with Crippen LogP contribution in [0.3, 0.4) is 0 Å². The van der Waals surface area contributed by atoms with Crippen molar-refractivity contribution in [2.24, 2.45) is 0 Å². The molecule has 2 rings (SSSR count). The van der Waals surface area contributed by atoms with Crippen LogP contribution in [0.15, 0.2) is 28.7 Å². The van der Waals surface area contributed by atoms with E-state index in [2.05, 4.69) is 28.8 Å². The lowest BCUT2D eigenvalue weighted by molar-refractivity contribution is -0.0848. The first-order valence-corrected chi connectivity index (χ1v) is 8.32. The minimum absolute atomic E-state index is 0.216. The van der Waals surface area contributed by atoms with E-state index in [1.165, 1.54) is 0 Å². The van der Waals surface area contributed by atoms with Crippen LogP contribution in [-0.4, -0.2) is 35.6 Å². The number of nitrogens with zero attached hydrogens (tertiary/aromatic N) is 1. The minimum atomic E-state index is -2.97. The molecule has 0 aromatic heterocycles. The molecule has 1 aliphatic heterocycles. The van der Waals surface area contributed by atoms with Gasteiger partial charge in [0, 0.05) is 11.0 Å². The molecule has 0 saturated carbocycles. The summed E-state index contributed by atoms with van der Waals surface area (Å²) in [6, 6.07) is 6.91. The van der Waals surface area contributed by atoms with Gasteiger partial charge in [-0.3, -0.25) is 0 Å². The number of carbonyl (C=O) groups excluding carboxylic acids is 1. The largest absolute Gasteiger partial charge is 0.444 e. The van der Waals surface area contributed by atoms with Crippen LogP contribution in [0, 0.1) is 12.8 Å². The fourth-order valence-corrected chi connectivity index (χ4v) is 2.79. The second-order valence-corrected chi connectivity index (χ2v) is 7.47. The molecular weight excluding hydrogens is 380 g/mol. The van der Waals surface area contributed by atoms with Gasteiger partial charge in [0.2, 0.25) is 0 Å². The van der Waals surface area contributed by atoms with Crippen LogP contribution >= 0.6 is 15.9 Å². The number of hydrogen-bond acceptors (Lipinski definition) is 2. The molecule has 24 heavy (non-hydrogen) atoms. The maximum absolute atomic E-state index is 14.4. The van der Waals surface area contributed by atoms with E-state index >= 15 is 0 Å². The highest BCUT2D eigenvalue weighted by atomic mass is 79.9. The average molecular weight is 402 g/mol. The second-order valence-electron chi connectivity index (χ2n) is 6.56. The molecule has 1 aromatic carbocycles. The van der Waals surface area contributed by atoms with Crippen LogP contribution in [0.2, 0.25) is 0 Å². The van der Waals surface area contributed by atoms with Crippen LogP contribution in [0.25, 0.3) is 0 Å². The zero-order valence-electron chi connectivity index (χ0n) is 14.1. The summed E-state index contributed by atoms with van der Waals surface area (Å²) < 4.78 is 34.9. The summed E-state index contributed by atoms with van der Waals surface area (Å²) in [5.74, 6) is -3.84. The molecule has 0 N–H and O–H groups in total. The third-order valence-corrected chi connectivity index (χ3v) is 4.05. The lowest BCUT2D eigenvalue weighted by Crippen LogP contribution is -2.50. The Bertz CT molecular complexity index is 579. The van der Waals surface area contributed by atoms with Crippen molar-refractivity contribution in [1.29, 1.82) is 0 Å². The Balaban J connectivity index is 0.00000139. The summed E-state index contributed by atoms with van der Waals surface area (Å²) in [5.41, 5.74) is -0.0911. The van der Waals surface area contributed by atoms with Gasteiger partial charge in [-0.15, -0.1) is 12.8 Å². The first-order valence-electron chi connectivity index (χ1n) is 7.53. The molecule has 132 valence electrons. The van der Waals surface area contributed by atoms with Gasteiger partial charge in [-0.05, 0) is 44.9 Å². The Morgan fingerprint density at radius 1 is 1.29 bits per heavy atom. The van der Waals surface area contributed by atoms with E-state index in [9.17, 15) is 13.6 Å². The van der Waals surface area contributed by atoms with E-state index < -0.39 is 30.1 Å². The molecule has 1 heterocycles. The highest BCUT2D eigenvalue weighted by Crippen LogP contribution is 2.40. The highest BCUT2D eigenvalue weighted by molar-refractivity contribution is 9.10. The average Bonchev–Trinajstić information content (AvgIpc) is 2.48. The number of rotatable bonds is 1. The van der Waals surface area contributed by atoms with Gasteiger partial charge in [0.05, 0.1) is 12.5 Å². The van der Waals surface area contributed by atoms with E-state index in [1.807, 2.05) is 0 Å². The smallest absolute Gasteiger partial charge is 0.410 e. The van der Waals surface area contributed by atoms with Gasteiger partial charge in [0.25, 0.3) is 5.92 Å². The van der Waals surface area contributed by atoms with Crippen LogP contribution in [0.1, 0.15) is 38.7 Å². The standard InChI is InChI=1S/C16H20BrF2NO2.C2H2/c1-15(2,3)22-14(21)20-9-8-13(16(18,19)10-20)11-4-6-12(17)7-5-11;1-2/h4-7,13H,8-10H2,1-3H3;1-2H. The maximum Gasteiger partial charge on any atom is 0.410 e.